The van der Waals surface area contributed by atoms with E-state index in [4.69, 9.17) is 10.5 Å². The number of carbonyl (C=O) groups is 1. The molecule has 2 aliphatic rings. The molecule has 0 aliphatic carbocycles. The van der Waals surface area contributed by atoms with Crippen molar-refractivity contribution in [1.29, 1.82) is 0 Å². The smallest absolute Gasteiger partial charge is 0.185 e. The maximum absolute atomic E-state index is 14.9. The molecule has 1 fully saturated rings. The highest BCUT2D eigenvalue weighted by atomic mass is 32.2. The Hall–Kier alpha value is -2.70. The summed E-state index contributed by atoms with van der Waals surface area (Å²) in [5.41, 5.74) is 5.12. The Bertz CT molecular complexity index is 1400. The van der Waals surface area contributed by atoms with Crippen LogP contribution in [0, 0.1) is 5.82 Å². The van der Waals surface area contributed by atoms with Crippen molar-refractivity contribution in [3.63, 3.8) is 0 Å². The highest BCUT2D eigenvalue weighted by molar-refractivity contribution is 7.93. The summed E-state index contributed by atoms with van der Waals surface area (Å²) in [6, 6.07) is 6.59. The summed E-state index contributed by atoms with van der Waals surface area (Å²) in [5.74, 6) is -1.63. The predicted octanol–water partition coefficient (Wildman–Crippen LogP) is 1.21. The van der Waals surface area contributed by atoms with Gasteiger partial charge in [-0.05, 0) is 43.2 Å². The maximum atomic E-state index is 14.9. The van der Waals surface area contributed by atoms with Gasteiger partial charge in [-0.1, -0.05) is 6.07 Å². The molecule has 34 heavy (non-hydrogen) atoms. The van der Waals surface area contributed by atoms with Crippen molar-refractivity contribution in [3.8, 4) is 0 Å². The Balaban J connectivity index is 1.65. The molecule has 0 unspecified atom stereocenters. The standard InChI is InChI=1S/C22H24FN3O6S2/c1-21(13-34(30,31)22(20(24)26-21)7-8-32-12-22)16-9-14(3-5-17(16)23)10-19(27)18-6-4-15(11-25-18)33(2,28)29/h3-6,9,11H,7-8,10,12-13H2,1-2H3,(H2,24,26)/t21-,22-/m0/s1. The van der Waals surface area contributed by atoms with E-state index < -0.39 is 47.3 Å². The molecule has 0 amide bonds. The van der Waals surface area contributed by atoms with E-state index in [9.17, 15) is 26.0 Å². The predicted molar refractivity (Wildman–Crippen MR) is 123 cm³/mol. The number of Topliss-reactive ketones (excluding diaryl/α,β-unsaturated/α-hetero) is 1. The average molecular weight is 510 g/mol. The molecule has 0 radical (unpaired) electrons. The third-order valence-corrected chi connectivity index (χ3v) is 10.1. The summed E-state index contributed by atoms with van der Waals surface area (Å²) >= 11 is 0. The number of nitrogens with two attached hydrogens (primary N) is 1. The minimum absolute atomic E-state index is 0.0125. The quantitative estimate of drug-likeness (QED) is 0.592. The van der Waals surface area contributed by atoms with Crippen LogP contribution in [0.5, 0.6) is 0 Å². The molecule has 1 aromatic carbocycles. The van der Waals surface area contributed by atoms with Crippen LogP contribution in [-0.4, -0.2) is 63.4 Å². The lowest BCUT2D eigenvalue weighted by Gasteiger charge is -2.39. The van der Waals surface area contributed by atoms with Gasteiger partial charge in [-0.25, -0.2) is 21.2 Å². The van der Waals surface area contributed by atoms with Gasteiger partial charge >= 0.3 is 0 Å². The minimum Gasteiger partial charge on any atom is -0.386 e. The lowest BCUT2D eigenvalue weighted by atomic mass is 9.90. The van der Waals surface area contributed by atoms with E-state index in [0.717, 1.165) is 18.5 Å². The number of hydrogen-bond acceptors (Lipinski definition) is 9. The van der Waals surface area contributed by atoms with E-state index in [1.165, 1.54) is 31.2 Å². The van der Waals surface area contributed by atoms with E-state index in [0.29, 0.717) is 5.56 Å². The first-order valence-corrected chi connectivity index (χ1v) is 14.0. The van der Waals surface area contributed by atoms with Crippen molar-refractivity contribution in [2.45, 2.75) is 34.9 Å². The van der Waals surface area contributed by atoms with Crippen molar-refractivity contribution in [1.82, 2.24) is 4.98 Å². The van der Waals surface area contributed by atoms with E-state index in [1.54, 1.807) is 0 Å². The summed E-state index contributed by atoms with van der Waals surface area (Å²) in [6.45, 7) is 1.66. The molecule has 0 bridgehead atoms. The number of halogens is 1. The lowest BCUT2D eigenvalue weighted by molar-refractivity contribution is 0.0988. The van der Waals surface area contributed by atoms with Crippen molar-refractivity contribution >= 4 is 31.3 Å². The Labute approximate surface area is 197 Å². The SMILES string of the molecule is C[C@@]1(c2cc(CC(=O)c3ccc(S(C)(=O)=O)cn3)ccc2F)CS(=O)(=O)[C@]2(CCOC2)C(N)=N1. The normalized spacial score (nSPS) is 26.4. The Morgan fingerprint density at radius 3 is 2.56 bits per heavy atom. The highest BCUT2D eigenvalue weighted by Crippen LogP contribution is 2.41. The van der Waals surface area contributed by atoms with Gasteiger partial charge in [-0.15, -0.1) is 0 Å². The summed E-state index contributed by atoms with van der Waals surface area (Å²) in [7, 11) is -7.26. The van der Waals surface area contributed by atoms with E-state index in [1.807, 2.05) is 0 Å². The third-order valence-electron chi connectivity index (χ3n) is 6.31. The number of hydrogen-bond donors (Lipinski definition) is 1. The molecule has 12 heteroatoms. The number of pyridine rings is 1. The second-order valence-electron chi connectivity index (χ2n) is 8.89. The molecule has 2 aliphatic heterocycles. The van der Waals surface area contributed by atoms with Crippen LogP contribution < -0.4 is 5.73 Å². The van der Waals surface area contributed by atoms with Gasteiger partial charge in [-0.3, -0.25) is 14.8 Å². The summed E-state index contributed by atoms with van der Waals surface area (Å²) in [5, 5.41) is 0. The zero-order chi connectivity index (χ0) is 24.9. The van der Waals surface area contributed by atoms with Crippen molar-refractivity contribution < 1.29 is 30.8 Å². The van der Waals surface area contributed by atoms with Crippen LogP contribution >= 0.6 is 0 Å². The largest absolute Gasteiger partial charge is 0.386 e. The zero-order valence-corrected chi connectivity index (χ0v) is 20.2. The van der Waals surface area contributed by atoms with Crippen LogP contribution in [0.1, 0.15) is 35.0 Å². The van der Waals surface area contributed by atoms with Crippen molar-refractivity contribution in [2.75, 3.05) is 25.2 Å². The topological polar surface area (TPSA) is 146 Å². The van der Waals surface area contributed by atoms with Gasteiger partial charge in [0.25, 0.3) is 0 Å². The molecule has 182 valence electrons. The zero-order valence-electron chi connectivity index (χ0n) is 18.6. The average Bonchev–Trinajstić information content (AvgIpc) is 3.25. The highest BCUT2D eigenvalue weighted by Gasteiger charge is 2.57. The van der Waals surface area contributed by atoms with E-state index >= 15 is 0 Å². The van der Waals surface area contributed by atoms with Crippen LogP contribution in [0.3, 0.4) is 0 Å². The number of carbonyl (C=O) groups excluding carboxylic acids is 1. The van der Waals surface area contributed by atoms with Gasteiger partial charge in [0.2, 0.25) is 0 Å². The fourth-order valence-electron chi connectivity index (χ4n) is 4.33. The second-order valence-corrected chi connectivity index (χ2v) is 13.2. The molecular formula is C22H24FN3O6S2. The number of ether oxygens (including phenoxy) is 1. The Morgan fingerprint density at radius 1 is 1.26 bits per heavy atom. The Kier molecular flexibility index (Phi) is 5.90. The summed E-state index contributed by atoms with van der Waals surface area (Å²) < 4.78 is 68.3. The molecule has 1 aromatic heterocycles. The number of rotatable bonds is 5. The molecule has 0 saturated carbocycles. The number of sulfone groups is 2. The molecule has 4 rings (SSSR count). The van der Waals surface area contributed by atoms with E-state index in [2.05, 4.69) is 9.98 Å². The number of aliphatic imine (C=N–C) groups is 1. The monoisotopic (exact) mass is 509 g/mol. The molecule has 1 saturated heterocycles. The van der Waals surface area contributed by atoms with Crippen LogP contribution in [0.15, 0.2) is 46.4 Å². The number of nitrogens with zero attached hydrogens (tertiary/aromatic N) is 2. The molecule has 2 aromatic rings. The van der Waals surface area contributed by atoms with Gasteiger partial charge in [0.05, 0.1) is 17.3 Å². The second kappa shape index (κ2) is 8.21. The fourth-order valence-corrected chi connectivity index (χ4v) is 7.15. The molecule has 9 nitrogen and oxygen atoms in total. The van der Waals surface area contributed by atoms with Crippen LogP contribution in [0.25, 0.3) is 0 Å². The van der Waals surface area contributed by atoms with Gasteiger partial charge < -0.3 is 10.5 Å². The summed E-state index contributed by atoms with van der Waals surface area (Å²) in [6.07, 6.45) is 2.18. The van der Waals surface area contributed by atoms with Gasteiger partial charge in [-0.2, -0.15) is 0 Å². The van der Waals surface area contributed by atoms with Crippen molar-refractivity contribution in [2.24, 2.45) is 10.7 Å². The van der Waals surface area contributed by atoms with Crippen LogP contribution in [0.2, 0.25) is 0 Å². The first-order valence-electron chi connectivity index (χ1n) is 10.4. The summed E-state index contributed by atoms with van der Waals surface area (Å²) in [4.78, 5) is 21.0. The van der Waals surface area contributed by atoms with Gasteiger partial charge in [0.1, 0.15) is 22.9 Å². The van der Waals surface area contributed by atoms with Gasteiger partial charge in [0.15, 0.2) is 30.2 Å². The van der Waals surface area contributed by atoms with Crippen molar-refractivity contribution in [3.05, 3.63) is 59.2 Å². The first kappa shape index (κ1) is 24.4. The lowest BCUT2D eigenvalue weighted by Crippen LogP contribution is -2.58. The number of ketones is 1. The minimum atomic E-state index is -3.81. The van der Waals surface area contributed by atoms with Crippen LogP contribution in [-0.2, 0) is 36.4 Å². The molecular weight excluding hydrogens is 485 g/mol. The molecule has 2 atom stereocenters. The molecule has 1 spiro atoms. The maximum Gasteiger partial charge on any atom is 0.185 e. The number of benzene rings is 1. The third kappa shape index (κ3) is 4.14. The van der Waals surface area contributed by atoms with Gasteiger partial charge in [0, 0.05) is 31.0 Å². The number of aromatic nitrogens is 1. The van der Waals surface area contributed by atoms with Crippen LogP contribution in [0.4, 0.5) is 4.39 Å². The number of amidine groups is 1. The molecule has 3 heterocycles. The Morgan fingerprint density at radius 2 is 2.00 bits per heavy atom. The molecule has 2 N–H and O–H groups in total. The van der Waals surface area contributed by atoms with E-state index in [-0.39, 0.29) is 48.0 Å². The fraction of sp³-hybridized carbons (Fsp3) is 0.409. The first-order chi connectivity index (χ1) is 15.8.